The Hall–Kier alpha value is -0.860. The number of aliphatic hydroxyl groups excluding tert-OH is 1. The average molecular weight is 191 g/mol. The third-order valence-corrected chi connectivity index (χ3v) is 2.91. The van der Waals surface area contributed by atoms with Gasteiger partial charge in [-0.1, -0.05) is 30.7 Å². The van der Waals surface area contributed by atoms with E-state index in [4.69, 9.17) is 0 Å². The maximum absolute atomic E-state index is 9.22. The highest BCUT2D eigenvalue weighted by Crippen LogP contribution is 2.25. The van der Waals surface area contributed by atoms with Gasteiger partial charge in [-0.05, 0) is 30.5 Å². The van der Waals surface area contributed by atoms with Crippen LogP contribution in [0, 0.1) is 0 Å². The number of benzene rings is 1. The molecule has 1 atom stereocenters. The number of nitrogens with one attached hydrogen (secondary N) is 1. The molecule has 1 fully saturated rings. The number of rotatable bonds is 2. The molecule has 0 saturated carbocycles. The molecule has 1 aromatic rings. The summed E-state index contributed by atoms with van der Waals surface area (Å²) in [6.45, 7) is 1.25. The maximum Gasteiger partial charge on any atom is 0.0685 e. The summed E-state index contributed by atoms with van der Waals surface area (Å²) in [5, 5.41) is 12.7. The van der Waals surface area contributed by atoms with E-state index < -0.39 is 0 Å². The monoisotopic (exact) mass is 191 g/mol. The average Bonchev–Trinajstić information content (AvgIpc) is 2.30. The van der Waals surface area contributed by atoms with E-state index in [1.807, 2.05) is 18.2 Å². The molecule has 0 spiro atoms. The summed E-state index contributed by atoms with van der Waals surface area (Å²) in [7, 11) is 0. The lowest BCUT2D eigenvalue weighted by Crippen LogP contribution is -2.27. The Morgan fingerprint density at radius 3 is 2.86 bits per heavy atom. The maximum atomic E-state index is 9.22. The molecule has 2 rings (SSSR count). The van der Waals surface area contributed by atoms with Gasteiger partial charge in [0.2, 0.25) is 0 Å². The Morgan fingerprint density at radius 2 is 2.14 bits per heavy atom. The number of hydrogen-bond donors (Lipinski definition) is 2. The molecule has 0 radical (unpaired) electrons. The van der Waals surface area contributed by atoms with E-state index in [0.29, 0.717) is 6.04 Å². The van der Waals surface area contributed by atoms with Crippen LogP contribution in [0.15, 0.2) is 24.3 Å². The van der Waals surface area contributed by atoms with E-state index in [2.05, 4.69) is 11.4 Å². The smallest absolute Gasteiger partial charge is 0.0685 e. The van der Waals surface area contributed by atoms with Gasteiger partial charge in [0.15, 0.2) is 0 Å². The van der Waals surface area contributed by atoms with Crippen molar-refractivity contribution in [3.8, 4) is 0 Å². The number of aliphatic hydroxyl groups is 1. The van der Waals surface area contributed by atoms with Crippen LogP contribution in [0.5, 0.6) is 0 Å². The largest absolute Gasteiger partial charge is 0.392 e. The van der Waals surface area contributed by atoms with E-state index in [1.54, 1.807) is 0 Å². The fourth-order valence-electron chi connectivity index (χ4n) is 2.14. The number of hydrogen-bond acceptors (Lipinski definition) is 2. The molecule has 1 saturated heterocycles. The van der Waals surface area contributed by atoms with Crippen molar-refractivity contribution in [2.75, 3.05) is 6.54 Å². The third-order valence-electron chi connectivity index (χ3n) is 2.91. The van der Waals surface area contributed by atoms with Gasteiger partial charge in [0, 0.05) is 6.04 Å². The van der Waals surface area contributed by atoms with Crippen molar-refractivity contribution in [1.82, 2.24) is 5.32 Å². The van der Waals surface area contributed by atoms with E-state index >= 15 is 0 Å². The van der Waals surface area contributed by atoms with E-state index in [9.17, 15) is 5.11 Å². The van der Waals surface area contributed by atoms with Crippen molar-refractivity contribution in [3.05, 3.63) is 35.4 Å². The standard InChI is InChI=1S/C12H17NO/c14-9-10-5-1-2-6-11(10)12-7-3-4-8-13-12/h1-2,5-6,12-14H,3-4,7-9H2. The molecule has 1 aliphatic rings. The van der Waals surface area contributed by atoms with Crippen LogP contribution in [0.3, 0.4) is 0 Å². The Bertz CT molecular complexity index is 292. The first-order chi connectivity index (χ1) is 6.92. The molecule has 2 N–H and O–H groups in total. The van der Waals surface area contributed by atoms with Gasteiger partial charge in [-0.3, -0.25) is 0 Å². The summed E-state index contributed by atoms with van der Waals surface area (Å²) in [6, 6.07) is 8.61. The van der Waals surface area contributed by atoms with Crippen LogP contribution in [-0.4, -0.2) is 11.7 Å². The number of piperidine rings is 1. The molecular weight excluding hydrogens is 174 g/mol. The van der Waals surface area contributed by atoms with Crippen molar-refractivity contribution in [1.29, 1.82) is 0 Å². The normalized spacial score (nSPS) is 22.2. The topological polar surface area (TPSA) is 32.3 Å². The molecule has 0 aliphatic carbocycles. The first kappa shape index (κ1) is 9.69. The zero-order valence-corrected chi connectivity index (χ0v) is 8.37. The first-order valence-corrected chi connectivity index (χ1v) is 5.34. The summed E-state index contributed by atoms with van der Waals surface area (Å²) in [4.78, 5) is 0. The highest BCUT2D eigenvalue weighted by atomic mass is 16.3. The Labute approximate surface area is 85.0 Å². The summed E-state index contributed by atoms with van der Waals surface area (Å²) < 4.78 is 0. The zero-order valence-electron chi connectivity index (χ0n) is 8.37. The molecule has 14 heavy (non-hydrogen) atoms. The minimum absolute atomic E-state index is 0.147. The van der Waals surface area contributed by atoms with E-state index in [0.717, 1.165) is 12.1 Å². The molecule has 2 heteroatoms. The van der Waals surface area contributed by atoms with E-state index in [1.165, 1.54) is 24.8 Å². The summed E-state index contributed by atoms with van der Waals surface area (Å²) in [6.07, 6.45) is 3.76. The predicted molar refractivity (Wildman–Crippen MR) is 57.0 cm³/mol. The molecule has 0 bridgehead atoms. The second-order valence-electron chi connectivity index (χ2n) is 3.86. The highest BCUT2D eigenvalue weighted by Gasteiger charge is 2.16. The summed E-state index contributed by atoms with van der Waals surface area (Å²) >= 11 is 0. The van der Waals surface area contributed by atoms with Gasteiger partial charge in [-0.25, -0.2) is 0 Å². The predicted octanol–water partition coefficient (Wildman–Crippen LogP) is 1.99. The minimum atomic E-state index is 0.147. The van der Waals surface area contributed by atoms with Crippen LogP contribution in [0.1, 0.15) is 36.4 Å². The Morgan fingerprint density at radius 1 is 1.29 bits per heavy atom. The van der Waals surface area contributed by atoms with Crippen LogP contribution in [0.25, 0.3) is 0 Å². The first-order valence-electron chi connectivity index (χ1n) is 5.34. The molecule has 2 nitrogen and oxygen atoms in total. The van der Waals surface area contributed by atoms with Gasteiger partial charge in [-0.2, -0.15) is 0 Å². The highest BCUT2D eigenvalue weighted by molar-refractivity contribution is 5.29. The van der Waals surface area contributed by atoms with Gasteiger partial charge in [0.1, 0.15) is 0 Å². The SMILES string of the molecule is OCc1ccccc1C1CCCCN1. The van der Waals surface area contributed by atoms with Crippen LogP contribution in [-0.2, 0) is 6.61 Å². The van der Waals surface area contributed by atoms with Crippen LogP contribution >= 0.6 is 0 Å². The van der Waals surface area contributed by atoms with Gasteiger partial charge >= 0.3 is 0 Å². The van der Waals surface area contributed by atoms with E-state index in [-0.39, 0.29) is 6.61 Å². The van der Waals surface area contributed by atoms with Crippen molar-refractivity contribution >= 4 is 0 Å². The van der Waals surface area contributed by atoms with Gasteiger partial charge in [-0.15, -0.1) is 0 Å². The zero-order chi connectivity index (χ0) is 9.80. The van der Waals surface area contributed by atoms with Crippen molar-refractivity contribution in [3.63, 3.8) is 0 Å². The fourth-order valence-corrected chi connectivity index (χ4v) is 2.14. The molecule has 76 valence electrons. The third kappa shape index (κ3) is 1.97. The fraction of sp³-hybridized carbons (Fsp3) is 0.500. The summed E-state index contributed by atoms with van der Waals surface area (Å²) in [5.41, 5.74) is 2.33. The molecule has 1 heterocycles. The molecule has 1 aliphatic heterocycles. The van der Waals surface area contributed by atoms with Crippen molar-refractivity contribution in [2.24, 2.45) is 0 Å². The lowest BCUT2D eigenvalue weighted by Gasteiger charge is -2.25. The molecular formula is C12H17NO. The molecule has 0 aromatic heterocycles. The van der Waals surface area contributed by atoms with Crippen LogP contribution in [0.2, 0.25) is 0 Å². The quantitative estimate of drug-likeness (QED) is 0.749. The van der Waals surface area contributed by atoms with Crippen LogP contribution in [0.4, 0.5) is 0 Å². The van der Waals surface area contributed by atoms with Crippen LogP contribution < -0.4 is 5.32 Å². The molecule has 1 aromatic carbocycles. The Balaban J connectivity index is 2.20. The summed E-state index contributed by atoms with van der Waals surface area (Å²) in [5.74, 6) is 0. The van der Waals surface area contributed by atoms with Crippen molar-refractivity contribution < 1.29 is 5.11 Å². The van der Waals surface area contributed by atoms with Gasteiger partial charge < -0.3 is 10.4 Å². The van der Waals surface area contributed by atoms with Gasteiger partial charge in [0.25, 0.3) is 0 Å². The minimum Gasteiger partial charge on any atom is -0.392 e. The second kappa shape index (κ2) is 4.58. The van der Waals surface area contributed by atoms with Gasteiger partial charge in [0.05, 0.1) is 6.61 Å². The van der Waals surface area contributed by atoms with Crippen molar-refractivity contribution in [2.45, 2.75) is 31.9 Å². The second-order valence-corrected chi connectivity index (χ2v) is 3.86. The lowest BCUT2D eigenvalue weighted by molar-refractivity contribution is 0.277. The molecule has 1 unspecified atom stereocenters. The lowest BCUT2D eigenvalue weighted by atomic mass is 9.94. The molecule has 0 amide bonds. The Kier molecular flexibility index (Phi) is 3.17.